The van der Waals surface area contributed by atoms with E-state index in [1.807, 2.05) is 0 Å². The molecule has 0 heterocycles. The van der Waals surface area contributed by atoms with Crippen LogP contribution in [0.5, 0.6) is 0 Å². The molecule has 6 unspecified atom stereocenters. The van der Waals surface area contributed by atoms with Gasteiger partial charge in [0.15, 0.2) is 0 Å². The molecule has 0 bridgehead atoms. The second-order valence-corrected chi connectivity index (χ2v) is 10.1. The van der Waals surface area contributed by atoms with Crippen molar-refractivity contribution in [3.8, 4) is 0 Å². The molecule has 124 valence electrons. The summed E-state index contributed by atoms with van der Waals surface area (Å²) in [6.45, 7) is 15.0. The van der Waals surface area contributed by atoms with Gasteiger partial charge in [-0.1, -0.05) is 65.8 Å². The van der Waals surface area contributed by atoms with Crippen molar-refractivity contribution in [1.82, 2.24) is 0 Å². The monoisotopic (exact) mass is 300 g/mol. The van der Waals surface area contributed by atoms with E-state index in [9.17, 15) is 0 Å². The Balaban J connectivity index is 1.78. The lowest BCUT2D eigenvalue weighted by Crippen LogP contribution is -2.37. The minimum Gasteiger partial charge on any atom is -0.0808 e. The molecule has 0 N–H and O–H groups in total. The molecule has 2 fully saturated rings. The van der Waals surface area contributed by atoms with Crippen LogP contribution in [-0.4, -0.2) is 0 Å². The zero-order valence-corrected chi connectivity index (χ0v) is 15.6. The highest BCUT2D eigenvalue weighted by Crippen LogP contribution is 2.59. The van der Waals surface area contributed by atoms with E-state index in [0.717, 1.165) is 35.5 Å². The third-order valence-electron chi connectivity index (χ3n) is 7.54. The highest BCUT2D eigenvalue weighted by Gasteiger charge is 2.51. The minimum atomic E-state index is 0.481. The fraction of sp³-hybridized carbons (Fsp3) is 0.818. The van der Waals surface area contributed by atoms with Crippen LogP contribution >= 0.6 is 0 Å². The van der Waals surface area contributed by atoms with Gasteiger partial charge in [0.1, 0.15) is 0 Å². The van der Waals surface area contributed by atoms with Crippen molar-refractivity contribution in [2.75, 3.05) is 0 Å². The van der Waals surface area contributed by atoms with E-state index in [2.05, 4.69) is 65.8 Å². The smallest absolute Gasteiger partial charge is 0.0131 e. The van der Waals surface area contributed by atoms with Crippen molar-refractivity contribution in [1.29, 1.82) is 0 Å². The lowest BCUT2D eigenvalue weighted by molar-refractivity contribution is 0.0634. The molecular formula is C22H36. The summed E-state index contributed by atoms with van der Waals surface area (Å²) < 4.78 is 0. The molecule has 3 aliphatic carbocycles. The molecule has 0 spiro atoms. The summed E-state index contributed by atoms with van der Waals surface area (Å²) in [6, 6.07) is 0. The molecule has 0 aliphatic heterocycles. The lowest BCUT2D eigenvalue weighted by Gasteiger charge is -2.43. The first kappa shape index (κ1) is 16.3. The number of hydrogen-bond acceptors (Lipinski definition) is 0. The van der Waals surface area contributed by atoms with Crippen molar-refractivity contribution >= 4 is 0 Å². The van der Waals surface area contributed by atoms with Crippen molar-refractivity contribution < 1.29 is 0 Å². The van der Waals surface area contributed by atoms with Crippen molar-refractivity contribution in [3.63, 3.8) is 0 Å². The summed E-state index contributed by atoms with van der Waals surface area (Å²) in [4.78, 5) is 0. The van der Waals surface area contributed by atoms with Crippen LogP contribution in [0.3, 0.4) is 0 Å². The molecule has 2 saturated carbocycles. The minimum absolute atomic E-state index is 0.481. The molecule has 22 heavy (non-hydrogen) atoms. The molecule has 0 nitrogen and oxygen atoms in total. The molecule has 0 saturated heterocycles. The van der Waals surface area contributed by atoms with Crippen LogP contribution < -0.4 is 0 Å². The summed E-state index contributed by atoms with van der Waals surface area (Å²) in [5, 5.41) is 0. The number of rotatable bonds is 2. The van der Waals surface area contributed by atoms with Crippen molar-refractivity contribution in [2.45, 2.75) is 67.2 Å². The van der Waals surface area contributed by atoms with E-state index in [4.69, 9.17) is 0 Å². The zero-order chi connectivity index (χ0) is 16.1. The van der Waals surface area contributed by atoms with Crippen LogP contribution in [0.25, 0.3) is 0 Å². The Kier molecular flexibility index (Phi) is 4.11. The van der Waals surface area contributed by atoms with Crippen LogP contribution in [0, 0.1) is 46.3 Å². The van der Waals surface area contributed by atoms with Gasteiger partial charge in [0, 0.05) is 0 Å². The van der Waals surface area contributed by atoms with Gasteiger partial charge in [-0.05, 0) is 72.0 Å². The third-order valence-corrected chi connectivity index (χ3v) is 7.54. The van der Waals surface area contributed by atoms with E-state index in [1.54, 1.807) is 0 Å². The second-order valence-electron chi connectivity index (χ2n) is 10.1. The Morgan fingerprint density at radius 3 is 2.09 bits per heavy atom. The first-order chi connectivity index (χ1) is 10.2. The third kappa shape index (κ3) is 2.72. The molecular weight excluding hydrogens is 264 g/mol. The molecule has 0 heteroatoms. The van der Waals surface area contributed by atoms with Crippen LogP contribution in [0.1, 0.15) is 67.2 Å². The van der Waals surface area contributed by atoms with Crippen molar-refractivity contribution in [3.05, 3.63) is 24.3 Å². The maximum Gasteiger partial charge on any atom is -0.0131 e. The first-order valence-electron chi connectivity index (χ1n) is 9.56. The largest absolute Gasteiger partial charge is 0.0808 e. The summed E-state index contributed by atoms with van der Waals surface area (Å²) in [5.74, 6) is 5.18. The van der Waals surface area contributed by atoms with E-state index in [-0.39, 0.29) is 0 Å². The summed E-state index contributed by atoms with van der Waals surface area (Å²) in [5.41, 5.74) is 0.969. The predicted octanol–water partition coefficient (Wildman–Crippen LogP) is 6.49. The normalized spacial score (nSPS) is 41.9. The molecule has 6 atom stereocenters. The average Bonchev–Trinajstić information content (AvgIpc) is 3.01. The van der Waals surface area contributed by atoms with Gasteiger partial charge in [0.2, 0.25) is 0 Å². The predicted molar refractivity (Wildman–Crippen MR) is 96.6 cm³/mol. The zero-order valence-electron chi connectivity index (χ0n) is 15.6. The lowest BCUT2D eigenvalue weighted by atomic mass is 9.61. The van der Waals surface area contributed by atoms with Gasteiger partial charge in [0.25, 0.3) is 0 Å². The van der Waals surface area contributed by atoms with Gasteiger partial charge in [-0.2, -0.15) is 0 Å². The van der Waals surface area contributed by atoms with E-state index < -0.39 is 0 Å². The molecule has 0 amide bonds. The number of fused-ring (bicyclic) bond motifs is 1. The summed E-state index contributed by atoms with van der Waals surface area (Å²) >= 11 is 0. The van der Waals surface area contributed by atoms with E-state index in [0.29, 0.717) is 10.8 Å². The highest BCUT2D eigenvalue weighted by atomic mass is 14.6. The number of hydrogen-bond donors (Lipinski definition) is 0. The van der Waals surface area contributed by atoms with Gasteiger partial charge in [-0.3, -0.25) is 0 Å². The fourth-order valence-electron chi connectivity index (χ4n) is 6.19. The van der Waals surface area contributed by atoms with Crippen LogP contribution in [0.4, 0.5) is 0 Å². The standard InChI is InChI=1S/C22H36/c1-15-13-16-9-7-8-10-19(16)20(15)22(5,6)18-12-11-17(14-18)21(2,3)4/h7-10,15-20H,11-14H2,1-6H3. The Hall–Kier alpha value is -0.520. The Bertz CT molecular complexity index is 459. The topological polar surface area (TPSA) is 0 Å². The van der Waals surface area contributed by atoms with E-state index >= 15 is 0 Å². The van der Waals surface area contributed by atoms with Crippen molar-refractivity contribution in [2.24, 2.45) is 46.3 Å². The SMILES string of the molecule is CC1CC2C=CC=CC2C1C(C)(C)C1CCC(C(C)(C)C)C1. The highest BCUT2D eigenvalue weighted by molar-refractivity contribution is 5.20. The van der Waals surface area contributed by atoms with Crippen LogP contribution in [-0.2, 0) is 0 Å². The Morgan fingerprint density at radius 2 is 1.45 bits per heavy atom. The maximum atomic E-state index is 2.60. The molecule has 0 aromatic carbocycles. The maximum absolute atomic E-state index is 2.60. The molecule has 0 aromatic heterocycles. The first-order valence-corrected chi connectivity index (χ1v) is 9.56. The van der Waals surface area contributed by atoms with Gasteiger partial charge < -0.3 is 0 Å². The number of allylic oxidation sites excluding steroid dienone is 4. The summed E-state index contributed by atoms with van der Waals surface area (Å²) in [7, 11) is 0. The molecule has 3 rings (SSSR count). The molecule has 0 aromatic rings. The average molecular weight is 301 g/mol. The van der Waals surface area contributed by atoms with Gasteiger partial charge in [0.05, 0.1) is 0 Å². The molecule has 0 radical (unpaired) electrons. The molecule has 3 aliphatic rings. The van der Waals surface area contributed by atoms with Crippen LogP contribution in [0.2, 0.25) is 0 Å². The Morgan fingerprint density at radius 1 is 0.818 bits per heavy atom. The van der Waals surface area contributed by atoms with Gasteiger partial charge in [-0.15, -0.1) is 0 Å². The van der Waals surface area contributed by atoms with Crippen LogP contribution in [0.15, 0.2) is 24.3 Å². The van der Waals surface area contributed by atoms with Gasteiger partial charge in [-0.25, -0.2) is 0 Å². The quantitative estimate of drug-likeness (QED) is 0.547. The second kappa shape index (κ2) is 5.53. The van der Waals surface area contributed by atoms with Gasteiger partial charge >= 0.3 is 0 Å². The summed E-state index contributed by atoms with van der Waals surface area (Å²) in [6.07, 6.45) is 15.3. The fourth-order valence-corrected chi connectivity index (χ4v) is 6.19. The Labute approximate surface area is 138 Å². The van der Waals surface area contributed by atoms with E-state index in [1.165, 1.54) is 25.7 Å².